The van der Waals surface area contributed by atoms with Gasteiger partial charge in [0.15, 0.2) is 0 Å². The molecule has 0 fully saturated rings. The van der Waals surface area contributed by atoms with Crippen molar-refractivity contribution in [1.82, 2.24) is 15.2 Å². The Morgan fingerprint density at radius 2 is 1.61 bits per heavy atom. The van der Waals surface area contributed by atoms with Crippen LogP contribution >= 0.6 is 0 Å². The second-order valence-electron chi connectivity index (χ2n) is 5.94. The standard InChI is InChI=1S/C20H13F3N4O/c21-20(22,23)16-7-2-8-17(11-16)25-19-27-26-18(28-19)14-5-1-4-13(10-14)15-6-3-9-24-12-15/h1-12H,(H,25,27). The highest BCUT2D eigenvalue weighted by Gasteiger charge is 2.30. The number of benzene rings is 2. The maximum atomic E-state index is 12.8. The van der Waals surface area contributed by atoms with Crippen LogP contribution < -0.4 is 5.32 Å². The van der Waals surface area contributed by atoms with E-state index in [1.165, 1.54) is 12.1 Å². The molecule has 0 spiro atoms. The van der Waals surface area contributed by atoms with Gasteiger partial charge in [-0.1, -0.05) is 29.4 Å². The van der Waals surface area contributed by atoms with E-state index in [0.29, 0.717) is 5.56 Å². The molecule has 0 unspecified atom stereocenters. The SMILES string of the molecule is FC(F)(F)c1cccc(Nc2nnc(-c3cccc(-c4cccnc4)c3)o2)c1. The van der Waals surface area contributed by atoms with Crippen molar-refractivity contribution in [3.05, 3.63) is 78.6 Å². The molecule has 28 heavy (non-hydrogen) atoms. The number of hydrogen-bond donors (Lipinski definition) is 1. The maximum absolute atomic E-state index is 12.8. The zero-order valence-corrected chi connectivity index (χ0v) is 14.3. The van der Waals surface area contributed by atoms with Crippen molar-refractivity contribution in [2.45, 2.75) is 6.18 Å². The van der Waals surface area contributed by atoms with Crippen molar-refractivity contribution in [1.29, 1.82) is 0 Å². The van der Waals surface area contributed by atoms with Crippen molar-refractivity contribution < 1.29 is 17.6 Å². The van der Waals surface area contributed by atoms with E-state index in [9.17, 15) is 13.2 Å². The predicted octanol–water partition coefficient (Wildman–Crippen LogP) is 5.56. The third-order valence-corrected chi connectivity index (χ3v) is 3.97. The summed E-state index contributed by atoms with van der Waals surface area (Å²) in [6.45, 7) is 0. The molecular formula is C20H13F3N4O. The van der Waals surface area contributed by atoms with Crippen LogP contribution in [-0.2, 0) is 6.18 Å². The first-order valence-electron chi connectivity index (χ1n) is 8.28. The molecule has 0 bridgehead atoms. The number of rotatable bonds is 4. The molecule has 0 aliphatic heterocycles. The third-order valence-electron chi connectivity index (χ3n) is 3.97. The Morgan fingerprint density at radius 1 is 0.821 bits per heavy atom. The molecule has 8 heteroatoms. The van der Waals surface area contributed by atoms with E-state index < -0.39 is 11.7 Å². The van der Waals surface area contributed by atoms with Crippen LogP contribution in [0, 0.1) is 0 Å². The topological polar surface area (TPSA) is 63.8 Å². The third kappa shape index (κ3) is 3.85. The molecule has 0 radical (unpaired) electrons. The van der Waals surface area contributed by atoms with Gasteiger partial charge < -0.3 is 9.73 Å². The summed E-state index contributed by atoms with van der Waals surface area (Å²) in [7, 11) is 0. The van der Waals surface area contributed by atoms with E-state index in [-0.39, 0.29) is 17.6 Å². The predicted molar refractivity (Wildman–Crippen MR) is 97.7 cm³/mol. The summed E-state index contributed by atoms with van der Waals surface area (Å²) in [5, 5.41) is 10.5. The lowest BCUT2D eigenvalue weighted by molar-refractivity contribution is -0.137. The second kappa shape index (κ2) is 7.15. The fourth-order valence-electron chi connectivity index (χ4n) is 2.65. The Bertz CT molecular complexity index is 1090. The van der Waals surface area contributed by atoms with Crippen LogP contribution in [0.5, 0.6) is 0 Å². The number of alkyl halides is 3. The number of aromatic nitrogens is 3. The number of pyridine rings is 1. The van der Waals surface area contributed by atoms with Crippen molar-refractivity contribution >= 4 is 11.7 Å². The Hall–Kier alpha value is -3.68. The fourth-order valence-corrected chi connectivity index (χ4v) is 2.65. The first-order valence-corrected chi connectivity index (χ1v) is 8.28. The molecular weight excluding hydrogens is 369 g/mol. The molecule has 2 aromatic carbocycles. The molecule has 0 atom stereocenters. The lowest BCUT2D eigenvalue weighted by Crippen LogP contribution is -2.05. The van der Waals surface area contributed by atoms with Gasteiger partial charge in [0.2, 0.25) is 5.89 Å². The molecule has 0 saturated carbocycles. The van der Waals surface area contributed by atoms with Gasteiger partial charge in [-0.3, -0.25) is 4.98 Å². The largest absolute Gasteiger partial charge is 0.416 e. The Labute approximate surface area is 157 Å². The Kier molecular flexibility index (Phi) is 4.52. The van der Waals surface area contributed by atoms with Crippen LogP contribution in [0.2, 0.25) is 0 Å². The second-order valence-corrected chi connectivity index (χ2v) is 5.94. The molecule has 0 aliphatic rings. The summed E-state index contributed by atoms with van der Waals surface area (Å²) in [6, 6.07) is 16.0. The highest BCUT2D eigenvalue weighted by atomic mass is 19.4. The van der Waals surface area contributed by atoms with Gasteiger partial charge in [0.1, 0.15) is 0 Å². The highest BCUT2D eigenvalue weighted by molar-refractivity contribution is 5.69. The van der Waals surface area contributed by atoms with E-state index >= 15 is 0 Å². The number of nitrogens with one attached hydrogen (secondary N) is 1. The molecule has 1 N–H and O–H groups in total. The van der Waals surface area contributed by atoms with Crippen LogP contribution in [0.3, 0.4) is 0 Å². The summed E-state index contributed by atoms with van der Waals surface area (Å²) in [5.74, 6) is 0.250. The molecule has 2 aromatic heterocycles. The van der Waals surface area contributed by atoms with Crippen LogP contribution in [-0.4, -0.2) is 15.2 Å². The van der Waals surface area contributed by atoms with Gasteiger partial charge in [-0.15, -0.1) is 5.10 Å². The van der Waals surface area contributed by atoms with E-state index in [1.54, 1.807) is 18.5 Å². The molecule has 4 rings (SSSR count). The molecule has 2 heterocycles. The van der Waals surface area contributed by atoms with Gasteiger partial charge in [0.05, 0.1) is 5.56 Å². The minimum Gasteiger partial charge on any atom is -0.403 e. The molecule has 140 valence electrons. The van der Waals surface area contributed by atoms with Crippen LogP contribution in [0.25, 0.3) is 22.6 Å². The van der Waals surface area contributed by atoms with Gasteiger partial charge in [-0.2, -0.15) is 13.2 Å². The van der Waals surface area contributed by atoms with E-state index in [4.69, 9.17) is 4.42 Å². The summed E-state index contributed by atoms with van der Waals surface area (Å²) in [4.78, 5) is 4.10. The zero-order valence-electron chi connectivity index (χ0n) is 14.3. The number of anilines is 2. The van der Waals surface area contributed by atoms with E-state index in [1.807, 2.05) is 30.3 Å². The molecule has 0 amide bonds. The minimum atomic E-state index is -4.43. The average Bonchev–Trinajstić information content (AvgIpc) is 3.17. The molecule has 5 nitrogen and oxygen atoms in total. The summed E-state index contributed by atoms with van der Waals surface area (Å²) >= 11 is 0. The van der Waals surface area contributed by atoms with Gasteiger partial charge in [-0.25, -0.2) is 0 Å². The lowest BCUT2D eigenvalue weighted by Gasteiger charge is -2.08. The molecule has 4 aromatic rings. The van der Waals surface area contributed by atoms with Gasteiger partial charge in [0, 0.05) is 29.2 Å². The minimum absolute atomic E-state index is 0.00102. The normalized spacial score (nSPS) is 11.4. The zero-order chi connectivity index (χ0) is 19.6. The monoisotopic (exact) mass is 382 g/mol. The smallest absolute Gasteiger partial charge is 0.403 e. The molecule has 0 saturated heterocycles. The lowest BCUT2D eigenvalue weighted by atomic mass is 10.1. The van der Waals surface area contributed by atoms with Crippen molar-refractivity contribution in [3.63, 3.8) is 0 Å². The Balaban J connectivity index is 1.57. The van der Waals surface area contributed by atoms with Crippen LogP contribution in [0.4, 0.5) is 24.9 Å². The van der Waals surface area contributed by atoms with Crippen LogP contribution in [0.1, 0.15) is 5.56 Å². The maximum Gasteiger partial charge on any atom is 0.416 e. The summed E-state index contributed by atoms with van der Waals surface area (Å²) < 4.78 is 44.0. The van der Waals surface area contributed by atoms with Crippen LogP contribution in [0.15, 0.2) is 77.5 Å². The fraction of sp³-hybridized carbons (Fsp3) is 0.0500. The first-order chi connectivity index (χ1) is 13.5. The van der Waals surface area contributed by atoms with Gasteiger partial charge >= 0.3 is 12.2 Å². The Morgan fingerprint density at radius 3 is 2.39 bits per heavy atom. The molecule has 0 aliphatic carbocycles. The van der Waals surface area contributed by atoms with E-state index in [0.717, 1.165) is 23.3 Å². The quantitative estimate of drug-likeness (QED) is 0.501. The van der Waals surface area contributed by atoms with Crippen molar-refractivity contribution in [2.24, 2.45) is 0 Å². The highest BCUT2D eigenvalue weighted by Crippen LogP contribution is 2.32. The van der Waals surface area contributed by atoms with Crippen molar-refractivity contribution in [2.75, 3.05) is 5.32 Å². The van der Waals surface area contributed by atoms with Gasteiger partial charge in [0.25, 0.3) is 0 Å². The van der Waals surface area contributed by atoms with Crippen molar-refractivity contribution in [3.8, 4) is 22.6 Å². The first kappa shape index (κ1) is 17.7. The number of halogens is 3. The summed E-state index contributed by atoms with van der Waals surface area (Å²) in [6.07, 6.45) is -0.991. The van der Waals surface area contributed by atoms with Gasteiger partial charge in [-0.05, 0) is 42.0 Å². The number of hydrogen-bond acceptors (Lipinski definition) is 5. The average molecular weight is 382 g/mol. The van der Waals surface area contributed by atoms with E-state index in [2.05, 4.69) is 20.5 Å². The number of nitrogens with zero attached hydrogens (tertiary/aromatic N) is 3. The summed E-state index contributed by atoms with van der Waals surface area (Å²) in [5.41, 5.74) is 1.99.